The second-order valence-electron chi connectivity index (χ2n) is 5.05. The molecule has 4 nitrogen and oxygen atoms in total. The molecule has 0 amide bonds. The van der Waals surface area contributed by atoms with Gasteiger partial charge in [-0.15, -0.1) is 0 Å². The minimum Gasteiger partial charge on any atom is -0.496 e. The first-order valence-corrected chi connectivity index (χ1v) is 6.63. The van der Waals surface area contributed by atoms with E-state index in [4.69, 9.17) is 9.47 Å². The third kappa shape index (κ3) is 3.33. The van der Waals surface area contributed by atoms with Crippen LogP contribution in [0.15, 0.2) is 24.3 Å². The molecule has 0 saturated carbocycles. The first kappa shape index (κ1) is 14.0. The van der Waals surface area contributed by atoms with Gasteiger partial charge in [-0.2, -0.15) is 0 Å². The Morgan fingerprint density at radius 1 is 1.42 bits per heavy atom. The zero-order valence-corrected chi connectivity index (χ0v) is 11.8. The molecule has 1 fully saturated rings. The molecule has 104 valence electrons. The topological polar surface area (TPSA) is 38.8 Å². The number of hydrogen-bond donors (Lipinski definition) is 0. The Hall–Kier alpha value is -1.39. The van der Waals surface area contributed by atoms with Gasteiger partial charge in [0, 0.05) is 12.6 Å². The average Bonchev–Trinajstić information content (AvgIpc) is 2.42. The molecule has 1 aliphatic heterocycles. The van der Waals surface area contributed by atoms with Crippen LogP contribution in [0.1, 0.15) is 24.2 Å². The SMILES string of the molecule is COc1ccccc1C(=O)CN1CC(C)OCC1C. The number of Topliss-reactive ketones (excluding diaryl/α,β-unsaturated/α-hetero) is 1. The van der Waals surface area contributed by atoms with E-state index in [2.05, 4.69) is 11.8 Å². The van der Waals surface area contributed by atoms with Crippen molar-refractivity contribution in [2.75, 3.05) is 26.8 Å². The van der Waals surface area contributed by atoms with Gasteiger partial charge >= 0.3 is 0 Å². The number of hydrogen-bond acceptors (Lipinski definition) is 4. The number of nitrogens with zero attached hydrogens (tertiary/aromatic N) is 1. The maximum Gasteiger partial charge on any atom is 0.180 e. The van der Waals surface area contributed by atoms with E-state index < -0.39 is 0 Å². The Morgan fingerprint density at radius 3 is 2.89 bits per heavy atom. The van der Waals surface area contributed by atoms with E-state index in [0.717, 1.165) is 6.54 Å². The monoisotopic (exact) mass is 263 g/mol. The Labute approximate surface area is 114 Å². The fourth-order valence-electron chi connectivity index (χ4n) is 2.34. The van der Waals surface area contributed by atoms with E-state index in [-0.39, 0.29) is 17.9 Å². The molecule has 2 unspecified atom stereocenters. The molecule has 1 aliphatic rings. The molecule has 4 heteroatoms. The maximum atomic E-state index is 12.4. The van der Waals surface area contributed by atoms with Crippen LogP contribution in [0, 0.1) is 0 Å². The summed E-state index contributed by atoms with van der Waals surface area (Å²) in [7, 11) is 1.59. The van der Waals surface area contributed by atoms with E-state index in [0.29, 0.717) is 24.5 Å². The first-order valence-electron chi connectivity index (χ1n) is 6.63. The summed E-state index contributed by atoms with van der Waals surface area (Å²) in [6, 6.07) is 7.64. The van der Waals surface area contributed by atoms with E-state index in [1.54, 1.807) is 7.11 Å². The molecule has 0 aromatic heterocycles. The minimum atomic E-state index is 0.0957. The number of ether oxygens (including phenoxy) is 2. The van der Waals surface area contributed by atoms with Crippen molar-refractivity contribution in [1.29, 1.82) is 0 Å². The Morgan fingerprint density at radius 2 is 2.16 bits per heavy atom. The zero-order valence-electron chi connectivity index (χ0n) is 11.8. The van der Waals surface area contributed by atoms with Crippen molar-refractivity contribution in [3.63, 3.8) is 0 Å². The molecular formula is C15H21NO3. The van der Waals surface area contributed by atoms with Crippen LogP contribution < -0.4 is 4.74 Å². The van der Waals surface area contributed by atoms with Crippen molar-refractivity contribution >= 4 is 5.78 Å². The fraction of sp³-hybridized carbons (Fsp3) is 0.533. The molecule has 0 spiro atoms. The minimum absolute atomic E-state index is 0.0957. The zero-order chi connectivity index (χ0) is 13.8. The number of rotatable bonds is 4. The molecule has 1 saturated heterocycles. The number of methoxy groups -OCH3 is 1. The molecular weight excluding hydrogens is 242 g/mol. The van der Waals surface area contributed by atoms with Crippen molar-refractivity contribution in [3.05, 3.63) is 29.8 Å². The molecule has 2 rings (SSSR count). The summed E-state index contributed by atoms with van der Waals surface area (Å²) in [4.78, 5) is 14.6. The molecule has 1 aromatic rings. The van der Waals surface area contributed by atoms with Crippen molar-refractivity contribution in [2.24, 2.45) is 0 Å². The number of ketones is 1. The molecule has 0 bridgehead atoms. The summed E-state index contributed by atoms with van der Waals surface area (Å²) in [5.74, 6) is 0.736. The van der Waals surface area contributed by atoms with Crippen LogP contribution in [0.5, 0.6) is 5.75 Å². The van der Waals surface area contributed by atoms with Gasteiger partial charge in [0.1, 0.15) is 5.75 Å². The number of benzene rings is 1. The van der Waals surface area contributed by atoms with Crippen molar-refractivity contribution < 1.29 is 14.3 Å². The smallest absolute Gasteiger partial charge is 0.180 e. The maximum absolute atomic E-state index is 12.4. The quantitative estimate of drug-likeness (QED) is 0.779. The van der Waals surface area contributed by atoms with E-state index in [1.165, 1.54) is 0 Å². The Kier molecular flexibility index (Phi) is 4.56. The highest BCUT2D eigenvalue weighted by Crippen LogP contribution is 2.19. The van der Waals surface area contributed by atoms with Gasteiger partial charge in [0.15, 0.2) is 5.78 Å². The third-order valence-corrected chi connectivity index (χ3v) is 3.49. The fourth-order valence-corrected chi connectivity index (χ4v) is 2.34. The average molecular weight is 263 g/mol. The lowest BCUT2D eigenvalue weighted by atomic mass is 10.1. The predicted molar refractivity (Wildman–Crippen MR) is 73.8 cm³/mol. The largest absolute Gasteiger partial charge is 0.496 e. The highest BCUT2D eigenvalue weighted by atomic mass is 16.5. The van der Waals surface area contributed by atoms with Crippen molar-refractivity contribution in [2.45, 2.75) is 26.0 Å². The lowest BCUT2D eigenvalue weighted by molar-refractivity contribution is -0.0460. The van der Waals surface area contributed by atoms with Crippen molar-refractivity contribution in [1.82, 2.24) is 4.90 Å². The standard InChI is InChI=1S/C15H21NO3/c1-11-10-19-12(2)8-16(11)9-14(17)13-6-4-5-7-15(13)18-3/h4-7,11-12H,8-10H2,1-3H3. The van der Waals surface area contributed by atoms with Gasteiger partial charge < -0.3 is 9.47 Å². The van der Waals surface area contributed by atoms with Gasteiger partial charge in [-0.05, 0) is 26.0 Å². The first-order chi connectivity index (χ1) is 9.11. The number of carbonyl (C=O) groups is 1. The van der Waals surface area contributed by atoms with Gasteiger partial charge in [0.05, 0.1) is 31.9 Å². The van der Waals surface area contributed by atoms with Crippen LogP contribution in [-0.2, 0) is 4.74 Å². The highest BCUT2D eigenvalue weighted by molar-refractivity contribution is 6.00. The van der Waals surface area contributed by atoms with E-state index in [9.17, 15) is 4.79 Å². The second kappa shape index (κ2) is 6.17. The summed E-state index contributed by atoms with van der Waals surface area (Å²) in [6.45, 7) is 6.01. The number of para-hydroxylation sites is 1. The Balaban J connectivity index is 2.08. The molecule has 0 N–H and O–H groups in total. The van der Waals surface area contributed by atoms with E-state index in [1.807, 2.05) is 31.2 Å². The summed E-state index contributed by atoms with van der Waals surface area (Å²) in [5.41, 5.74) is 0.649. The molecule has 1 heterocycles. The molecule has 0 radical (unpaired) electrons. The van der Waals surface area contributed by atoms with E-state index >= 15 is 0 Å². The lowest BCUT2D eigenvalue weighted by Gasteiger charge is -2.36. The normalized spacial score (nSPS) is 24.2. The van der Waals surface area contributed by atoms with Gasteiger partial charge in [-0.1, -0.05) is 12.1 Å². The third-order valence-electron chi connectivity index (χ3n) is 3.49. The van der Waals surface area contributed by atoms with Crippen LogP contribution in [0.4, 0.5) is 0 Å². The number of morpholine rings is 1. The van der Waals surface area contributed by atoms with Crippen LogP contribution in [-0.4, -0.2) is 49.6 Å². The summed E-state index contributed by atoms with van der Waals surface area (Å²) >= 11 is 0. The summed E-state index contributed by atoms with van der Waals surface area (Å²) in [6.07, 6.45) is 0.182. The summed E-state index contributed by atoms with van der Waals surface area (Å²) in [5, 5.41) is 0. The second-order valence-corrected chi connectivity index (χ2v) is 5.05. The Bertz CT molecular complexity index is 447. The van der Waals surface area contributed by atoms with Crippen LogP contribution in [0.2, 0.25) is 0 Å². The molecule has 2 atom stereocenters. The van der Waals surface area contributed by atoms with Crippen LogP contribution >= 0.6 is 0 Å². The predicted octanol–water partition coefficient (Wildman–Crippen LogP) is 1.99. The highest BCUT2D eigenvalue weighted by Gasteiger charge is 2.26. The van der Waals surface area contributed by atoms with Crippen LogP contribution in [0.25, 0.3) is 0 Å². The van der Waals surface area contributed by atoms with Crippen molar-refractivity contribution in [3.8, 4) is 5.75 Å². The van der Waals surface area contributed by atoms with Gasteiger partial charge in [0.2, 0.25) is 0 Å². The molecule has 19 heavy (non-hydrogen) atoms. The van der Waals surface area contributed by atoms with Gasteiger partial charge in [0.25, 0.3) is 0 Å². The van der Waals surface area contributed by atoms with Gasteiger partial charge in [-0.3, -0.25) is 9.69 Å². The number of carbonyl (C=O) groups excluding carboxylic acids is 1. The van der Waals surface area contributed by atoms with Gasteiger partial charge in [-0.25, -0.2) is 0 Å². The molecule has 1 aromatic carbocycles. The lowest BCUT2D eigenvalue weighted by Crippen LogP contribution is -2.49. The van der Waals surface area contributed by atoms with Crippen LogP contribution in [0.3, 0.4) is 0 Å². The summed E-state index contributed by atoms with van der Waals surface area (Å²) < 4.78 is 10.8. The molecule has 0 aliphatic carbocycles.